The maximum Gasteiger partial charge on any atom is 0.257 e. The minimum atomic E-state index is -3.58. The molecule has 8 heteroatoms. The molecule has 0 aliphatic carbocycles. The van der Waals surface area contributed by atoms with Crippen LogP contribution < -0.4 is 19.1 Å². The van der Waals surface area contributed by atoms with Crippen molar-refractivity contribution >= 4 is 27.3 Å². The van der Waals surface area contributed by atoms with Crippen LogP contribution in [0.3, 0.4) is 0 Å². The third-order valence-electron chi connectivity index (χ3n) is 3.73. The molecule has 0 aliphatic heterocycles. The molecule has 0 unspecified atom stereocenters. The van der Waals surface area contributed by atoms with Crippen molar-refractivity contribution in [3.05, 3.63) is 48.0 Å². The number of methoxy groups -OCH3 is 2. The molecular formula is C18H22N2O5S. The summed E-state index contributed by atoms with van der Waals surface area (Å²) < 4.78 is 36.0. The second-order valence-electron chi connectivity index (χ2n) is 5.47. The fourth-order valence-corrected chi connectivity index (χ4v) is 3.54. The first-order valence-electron chi connectivity index (χ1n) is 7.92. The van der Waals surface area contributed by atoms with Gasteiger partial charge in [0.25, 0.3) is 5.91 Å². The molecule has 2 aromatic rings. The Morgan fingerprint density at radius 2 is 1.65 bits per heavy atom. The molecule has 2 rings (SSSR count). The number of benzene rings is 2. The van der Waals surface area contributed by atoms with Crippen LogP contribution in [0.2, 0.25) is 0 Å². The number of hydrogen-bond donors (Lipinski definition) is 1. The fourth-order valence-electron chi connectivity index (χ4n) is 2.56. The Morgan fingerprint density at radius 1 is 1.08 bits per heavy atom. The van der Waals surface area contributed by atoms with Gasteiger partial charge in [-0.15, -0.1) is 0 Å². The Hall–Kier alpha value is -2.74. The van der Waals surface area contributed by atoms with Crippen LogP contribution in [-0.2, 0) is 10.0 Å². The lowest BCUT2D eigenvalue weighted by Gasteiger charge is -2.24. The molecule has 0 aromatic heterocycles. The average molecular weight is 378 g/mol. The van der Waals surface area contributed by atoms with Crippen molar-refractivity contribution < 1.29 is 22.7 Å². The molecule has 0 spiro atoms. The minimum absolute atomic E-state index is 0.166. The number of amides is 1. The Morgan fingerprint density at radius 3 is 2.15 bits per heavy atom. The van der Waals surface area contributed by atoms with Gasteiger partial charge in [0.1, 0.15) is 0 Å². The van der Waals surface area contributed by atoms with Crippen LogP contribution in [0.15, 0.2) is 42.5 Å². The van der Waals surface area contributed by atoms with Crippen LogP contribution >= 0.6 is 0 Å². The molecule has 0 atom stereocenters. The molecule has 0 fully saturated rings. The number of nitrogens with zero attached hydrogens (tertiary/aromatic N) is 1. The van der Waals surface area contributed by atoms with Gasteiger partial charge in [-0.3, -0.25) is 9.10 Å². The summed E-state index contributed by atoms with van der Waals surface area (Å²) in [5.41, 5.74) is 0.987. The summed E-state index contributed by atoms with van der Waals surface area (Å²) in [6.45, 7) is 1.86. The monoisotopic (exact) mass is 378 g/mol. The van der Waals surface area contributed by atoms with Gasteiger partial charge < -0.3 is 14.8 Å². The van der Waals surface area contributed by atoms with Crippen LogP contribution in [0.25, 0.3) is 0 Å². The molecule has 7 nitrogen and oxygen atoms in total. The highest BCUT2D eigenvalue weighted by molar-refractivity contribution is 7.92. The van der Waals surface area contributed by atoms with E-state index in [1.807, 2.05) is 6.07 Å². The van der Waals surface area contributed by atoms with Gasteiger partial charge in [-0.05, 0) is 25.1 Å². The Kier molecular flexibility index (Phi) is 6.10. The summed E-state index contributed by atoms with van der Waals surface area (Å²) in [7, 11) is -0.689. The van der Waals surface area contributed by atoms with Crippen LogP contribution in [-0.4, -0.2) is 41.3 Å². The molecule has 0 saturated heterocycles. The topological polar surface area (TPSA) is 84.9 Å². The predicted molar refractivity (Wildman–Crippen MR) is 102 cm³/mol. The van der Waals surface area contributed by atoms with Crippen molar-refractivity contribution in [1.82, 2.24) is 0 Å². The van der Waals surface area contributed by atoms with Gasteiger partial charge in [0, 0.05) is 18.3 Å². The van der Waals surface area contributed by atoms with Gasteiger partial charge in [0.05, 0.1) is 31.7 Å². The van der Waals surface area contributed by atoms with E-state index in [1.165, 1.54) is 26.4 Å². The second-order valence-corrected chi connectivity index (χ2v) is 7.38. The third-order valence-corrected chi connectivity index (χ3v) is 4.99. The normalized spacial score (nSPS) is 10.9. The minimum Gasteiger partial charge on any atom is -0.493 e. The molecule has 0 saturated carbocycles. The zero-order chi connectivity index (χ0) is 19.3. The van der Waals surface area contributed by atoms with E-state index in [4.69, 9.17) is 9.47 Å². The van der Waals surface area contributed by atoms with E-state index >= 15 is 0 Å². The van der Waals surface area contributed by atoms with Crippen molar-refractivity contribution in [3.8, 4) is 11.5 Å². The quantitative estimate of drug-likeness (QED) is 0.801. The Balaban J connectivity index is 2.59. The average Bonchev–Trinajstić information content (AvgIpc) is 2.61. The second kappa shape index (κ2) is 8.09. The predicted octanol–water partition coefficient (Wildman–Crippen LogP) is 2.74. The Bertz CT molecular complexity index is 882. The van der Waals surface area contributed by atoms with E-state index < -0.39 is 15.9 Å². The first-order valence-corrected chi connectivity index (χ1v) is 9.76. The molecule has 2 aromatic carbocycles. The third kappa shape index (κ3) is 4.26. The lowest BCUT2D eigenvalue weighted by atomic mass is 10.1. The summed E-state index contributed by atoms with van der Waals surface area (Å²) in [6.07, 6.45) is 1.09. The molecule has 26 heavy (non-hydrogen) atoms. The number of sulfonamides is 1. The zero-order valence-electron chi connectivity index (χ0n) is 15.1. The maximum absolute atomic E-state index is 12.8. The van der Waals surface area contributed by atoms with Crippen molar-refractivity contribution in [1.29, 1.82) is 0 Å². The zero-order valence-corrected chi connectivity index (χ0v) is 16.0. The number of para-hydroxylation sites is 1. The highest BCUT2D eigenvalue weighted by Crippen LogP contribution is 2.36. The van der Waals surface area contributed by atoms with Crippen LogP contribution in [0, 0.1) is 0 Å². The summed E-state index contributed by atoms with van der Waals surface area (Å²) >= 11 is 0. The first kappa shape index (κ1) is 19.6. The van der Waals surface area contributed by atoms with E-state index in [1.54, 1.807) is 31.2 Å². The van der Waals surface area contributed by atoms with Gasteiger partial charge in [0.15, 0.2) is 11.5 Å². The Labute approximate surface area is 153 Å². The van der Waals surface area contributed by atoms with E-state index in [0.29, 0.717) is 17.2 Å². The van der Waals surface area contributed by atoms with Gasteiger partial charge in [-0.2, -0.15) is 0 Å². The number of ether oxygens (including phenoxy) is 2. The van der Waals surface area contributed by atoms with Crippen molar-refractivity contribution in [2.45, 2.75) is 6.92 Å². The highest BCUT2D eigenvalue weighted by atomic mass is 32.2. The van der Waals surface area contributed by atoms with E-state index in [9.17, 15) is 13.2 Å². The van der Waals surface area contributed by atoms with E-state index in [0.717, 1.165) is 10.6 Å². The fraction of sp³-hybridized carbons (Fsp3) is 0.278. The largest absolute Gasteiger partial charge is 0.493 e. The number of nitrogens with one attached hydrogen (secondary N) is 1. The lowest BCUT2D eigenvalue weighted by molar-refractivity contribution is 0.102. The summed E-state index contributed by atoms with van der Waals surface area (Å²) in [5, 5.41) is 2.76. The number of anilines is 2. The van der Waals surface area contributed by atoms with Crippen molar-refractivity contribution in [2.24, 2.45) is 0 Å². The van der Waals surface area contributed by atoms with Gasteiger partial charge in [0.2, 0.25) is 10.0 Å². The summed E-state index contributed by atoms with van der Waals surface area (Å²) in [5.74, 6) is 0.217. The lowest BCUT2D eigenvalue weighted by Crippen LogP contribution is -2.31. The van der Waals surface area contributed by atoms with Crippen LogP contribution in [0.1, 0.15) is 17.3 Å². The number of rotatable bonds is 7. The van der Waals surface area contributed by atoms with Crippen LogP contribution in [0.4, 0.5) is 11.4 Å². The van der Waals surface area contributed by atoms with Crippen molar-refractivity contribution in [3.63, 3.8) is 0 Å². The maximum atomic E-state index is 12.8. The molecule has 1 amide bonds. The molecule has 0 heterocycles. The number of hydrogen-bond acceptors (Lipinski definition) is 5. The first-order chi connectivity index (χ1) is 12.3. The standard InChI is InChI=1S/C18H22N2O5S/c1-5-20(26(4,22)23)15-12-17(25-3)16(24-2)11-14(15)18(21)19-13-9-7-6-8-10-13/h6-12H,5H2,1-4H3,(H,19,21). The highest BCUT2D eigenvalue weighted by Gasteiger charge is 2.25. The van der Waals surface area contributed by atoms with Gasteiger partial charge in [-0.1, -0.05) is 18.2 Å². The molecular weight excluding hydrogens is 356 g/mol. The molecule has 0 radical (unpaired) electrons. The SMILES string of the molecule is CCN(c1cc(OC)c(OC)cc1C(=O)Nc1ccccc1)S(C)(=O)=O. The van der Waals surface area contributed by atoms with Crippen molar-refractivity contribution in [2.75, 3.05) is 36.6 Å². The van der Waals surface area contributed by atoms with Gasteiger partial charge >= 0.3 is 0 Å². The molecule has 0 bridgehead atoms. The summed E-state index contributed by atoms with van der Waals surface area (Å²) in [6, 6.07) is 11.9. The smallest absolute Gasteiger partial charge is 0.257 e. The molecule has 140 valence electrons. The molecule has 1 N–H and O–H groups in total. The molecule has 0 aliphatic rings. The van der Waals surface area contributed by atoms with E-state index in [2.05, 4.69) is 5.32 Å². The van der Waals surface area contributed by atoms with Crippen LogP contribution in [0.5, 0.6) is 11.5 Å². The number of carbonyl (C=O) groups excluding carboxylic acids is 1. The van der Waals surface area contributed by atoms with Gasteiger partial charge in [-0.25, -0.2) is 8.42 Å². The number of carbonyl (C=O) groups is 1. The van der Waals surface area contributed by atoms with E-state index in [-0.39, 0.29) is 17.8 Å². The summed E-state index contributed by atoms with van der Waals surface area (Å²) in [4.78, 5) is 12.8.